The Kier molecular flexibility index (Phi) is 5.66. The van der Waals surface area contributed by atoms with Crippen molar-refractivity contribution >= 4 is 28.9 Å². The minimum Gasteiger partial charge on any atom is -0.477 e. The second kappa shape index (κ2) is 8.31. The fourth-order valence-electron chi connectivity index (χ4n) is 2.43. The number of aryl methyl sites for hydroxylation is 1. The zero-order chi connectivity index (χ0) is 18.4. The predicted octanol–water partition coefficient (Wildman–Crippen LogP) is 4.81. The van der Waals surface area contributed by atoms with Crippen LogP contribution >= 0.6 is 11.3 Å². The number of para-hydroxylation sites is 2. The fourth-order valence-corrected chi connectivity index (χ4v) is 3.08. The van der Waals surface area contributed by atoms with Crippen molar-refractivity contribution in [1.82, 2.24) is 0 Å². The summed E-state index contributed by atoms with van der Waals surface area (Å²) in [5.41, 5.74) is 1.60. The van der Waals surface area contributed by atoms with E-state index in [4.69, 9.17) is 4.74 Å². The van der Waals surface area contributed by atoms with E-state index in [1.54, 1.807) is 35.7 Å². The molecule has 6 heteroatoms. The Bertz CT molecular complexity index is 905. The summed E-state index contributed by atoms with van der Waals surface area (Å²) in [5, 5.41) is 13.7. The number of nitrogens with one attached hydrogen (secondary N) is 1. The number of carboxylic acids is 1. The van der Waals surface area contributed by atoms with Crippen LogP contribution in [0.15, 0.2) is 66.0 Å². The maximum atomic E-state index is 12.3. The topological polar surface area (TPSA) is 75.6 Å². The van der Waals surface area contributed by atoms with Gasteiger partial charge in [0.15, 0.2) is 16.4 Å². The molecule has 1 amide bonds. The molecular formula is C20H17NO4S. The van der Waals surface area contributed by atoms with Crippen LogP contribution in [0.3, 0.4) is 0 Å². The lowest BCUT2D eigenvalue weighted by Gasteiger charge is -2.12. The first-order valence-electron chi connectivity index (χ1n) is 8.05. The lowest BCUT2D eigenvalue weighted by molar-refractivity contribution is -0.116. The number of carbonyl (C=O) groups excluding carboxylic acids is 1. The summed E-state index contributed by atoms with van der Waals surface area (Å²) in [4.78, 5) is 23.6. The molecule has 3 rings (SSSR count). The minimum atomic E-state index is -1.04. The molecule has 0 saturated carbocycles. The SMILES string of the molecule is O=C(CCc1ccccc1)Nc1ccccc1Oc1ccsc1C(=O)O. The molecule has 0 spiro atoms. The number of hydrogen-bond acceptors (Lipinski definition) is 4. The van der Waals surface area contributed by atoms with Gasteiger partial charge in [0.05, 0.1) is 5.69 Å². The monoisotopic (exact) mass is 367 g/mol. The van der Waals surface area contributed by atoms with Gasteiger partial charge in [-0.1, -0.05) is 42.5 Å². The van der Waals surface area contributed by atoms with Gasteiger partial charge in [0.25, 0.3) is 0 Å². The summed E-state index contributed by atoms with van der Waals surface area (Å²) < 4.78 is 5.72. The Morgan fingerprint density at radius 1 is 0.962 bits per heavy atom. The third-order valence-electron chi connectivity index (χ3n) is 3.69. The van der Waals surface area contributed by atoms with Gasteiger partial charge in [-0.15, -0.1) is 11.3 Å². The van der Waals surface area contributed by atoms with E-state index < -0.39 is 5.97 Å². The van der Waals surface area contributed by atoms with Crippen molar-refractivity contribution in [3.8, 4) is 11.5 Å². The van der Waals surface area contributed by atoms with Gasteiger partial charge in [0.2, 0.25) is 5.91 Å². The zero-order valence-corrected chi connectivity index (χ0v) is 14.7. The summed E-state index contributed by atoms with van der Waals surface area (Å²) in [6.45, 7) is 0. The third kappa shape index (κ3) is 4.49. The second-order valence-electron chi connectivity index (χ2n) is 5.55. The van der Waals surface area contributed by atoms with Crippen LogP contribution in [-0.2, 0) is 11.2 Å². The van der Waals surface area contributed by atoms with Crippen molar-refractivity contribution in [2.75, 3.05) is 5.32 Å². The lowest BCUT2D eigenvalue weighted by atomic mass is 10.1. The van der Waals surface area contributed by atoms with Gasteiger partial charge in [0.1, 0.15) is 0 Å². The first-order chi connectivity index (χ1) is 12.6. The van der Waals surface area contributed by atoms with Gasteiger partial charge < -0.3 is 15.2 Å². The smallest absolute Gasteiger partial charge is 0.349 e. The molecule has 0 radical (unpaired) electrons. The van der Waals surface area contributed by atoms with E-state index in [0.717, 1.165) is 16.9 Å². The van der Waals surface area contributed by atoms with Crippen LogP contribution in [0.5, 0.6) is 11.5 Å². The van der Waals surface area contributed by atoms with Crippen LogP contribution in [0.2, 0.25) is 0 Å². The second-order valence-corrected chi connectivity index (χ2v) is 6.47. The first kappa shape index (κ1) is 17.7. The number of benzene rings is 2. The molecule has 0 bridgehead atoms. The number of amides is 1. The molecule has 5 nitrogen and oxygen atoms in total. The zero-order valence-electron chi connectivity index (χ0n) is 13.8. The molecule has 1 aromatic heterocycles. The molecule has 0 atom stereocenters. The quantitative estimate of drug-likeness (QED) is 0.628. The van der Waals surface area contributed by atoms with Gasteiger partial charge >= 0.3 is 5.97 Å². The average molecular weight is 367 g/mol. The van der Waals surface area contributed by atoms with Gasteiger partial charge in [0, 0.05) is 6.42 Å². The molecule has 0 saturated heterocycles. The Balaban J connectivity index is 1.68. The lowest BCUT2D eigenvalue weighted by Crippen LogP contribution is -2.13. The van der Waals surface area contributed by atoms with Gasteiger partial charge in [-0.25, -0.2) is 4.79 Å². The maximum absolute atomic E-state index is 12.3. The Hall–Kier alpha value is -3.12. The first-order valence-corrected chi connectivity index (χ1v) is 8.93. The molecule has 0 fully saturated rings. The number of rotatable bonds is 7. The molecule has 2 N–H and O–H groups in total. The molecular weight excluding hydrogens is 350 g/mol. The molecule has 3 aromatic rings. The normalized spacial score (nSPS) is 10.3. The molecule has 1 heterocycles. The van der Waals surface area contributed by atoms with Crippen LogP contribution < -0.4 is 10.1 Å². The number of carbonyl (C=O) groups is 2. The Labute approximate surface area is 154 Å². The van der Waals surface area contributed by atoms with Crippen LogP contribution in [0.1, 0.15) is 21.7 Å². The molecule has 0 aliphatic heterocycles. The van der Waals surface area contributed by atoms with E-state index in [9.17, 15) is 14.7 Å². The highest BCUT2D eigenvalue weighted by molar-refractivity contribution is 7.12. The fraction of sp³-hybridized carbons (Fsp3) is 0.100. The van der Waals surface area contributed by atoms with Gasteiger partial charge in [-0.05, 0) is 35.6 Å². The standard InChI is InChI=1S/C20H17NO4S/c22-18(11-10-14-6-2-1-3-7-14)21-15-8-4-5-9-16(15)25-17-12-13-26-19(17)20(23)24/h1-9,12-13H,10-11H2,(H,21,22)(H,23,24). The van der Waals surface area contributed by atoms with Crippen LogP contribution in [0.25, 0.3) is 0 Å². The number of ether oxygens (including phenoxy) is 1. The summed E-state index contributed by atoms with van der Waals surface area (Å²) in [7, 11) is 0. The summed E-state index contributed by atoms with van der Waals surface area (Å²) in [6, 6.07) is 18.3. The average Bonchev–Trinajstić information content (AvgIpc) is 3.11. The Morgan fingerprint density at radius 3 is 2.46 bits per heavy atom. The van der Waals surface area contributed by atoms with Gasteiger partial charge in [-0.3, -0.25) is 4.79 Å². The van der Waals surface area contributed by atoms with Crippen molar-refractivity contribution < 1.29 is 19.4 Å². The Morgan fingerprint density at radius 2 is 1.69 bits per heavy atom. The molecule has 0 aliphatic rings. The highest BCUT2D eigenvalue weighted by Gasteiger charge is 2.15. The summed E-state index contributed by atoms with van der Waals surface area (Å²) in [5.74, 6) is -0.511. The van der Waals surface area contributed by atoms with Crippen molar-refractivity contribution in [2.45, 2.75) is 12.8 Å². The largest absolute Gasteiger partial charge is 0.477 e. The van der Waals surface area contributed by atoms with Crippen molar-refractivity contribution in [3.05, 3.63) is 76.5 Å². The molecule has 132 valence electrons. The van der Waals surface area contributed by atoms with E-state index in [-0.39, 0.29) is 16.5 Å². The van der Waals surface area contributed by atoms with Crippen LogP contribution in [0.4, 0.5) is 5.69 Å². The summed E-state index contributed by atoms with van der Waals surface area (Å²) >= 11 is 1.09. The highest BCUT2D eigenvalue weighted by atomic mass is 32.1. The number of aromatic carboxylic acids is 1. The molecule has 26 heavy (non-hydrogen) atoms. The van der Waals surface area contributed by atoms with Crippen molar-refractivity contribution in [2.24, 2.45) is 0 Å². The van der Waals surface area contributed by atoms with Crippen LogP contribution in [-0.4, -0.2) is 17.0 Å². The van der Waals surface area contributed by atoms with Crippen molar-refractivity contribution in [1.29, 1.82) is 0 Å². The number of anilines is 1. The summed E-state index contributed by atoms with van der Waals surface area (Å²) in [6.07, 6.45) is 0.987. The van der Waals surface area contributed by atoms with E-state index in [0.29, 0.717) is 24.3 Å². The van der Waals surface area contributed by atoms with E-state index in [1.165, 1.54) is 0 Å². The number of carboxylic acid groups (broad SMARTS) is 1. The van der Waals surface area contributed by atoms with Gasteiger partial charge in [-0.2, -0.15) is 0 Å². The predicted molar refractivity (Wildman–Crippen MR) is 101 cm³/mol. The van der Waals surface area contributed by atoms with Crippen molar-refractivity contribution in [3.63, 3.8) is 0 Å². The molecule has 0 unspecified atom stereocenters. The number of hydrogen-bond donors (Lipinski definition) is 2. The molecule has 2 aromatic carbocycles. The number of thiophene rings is 1. The minimum absolute atomic E-state index is 0.121. The van der Waals surface area contributed by atoms with E-state index >= 15 is 0 Å². The maximum Gasteiger partial charge on any atom is 0.349 e. The third-order valence-corrected chi connectivity index (χ3v) is 4.57. The highest BCUT2D eigenvalue weighted by Crippen LogP contribution is 2.33. The molecule has 0 aliphatic carbocycles. The van der Waals surface area contributed by atoms with E-state index in [2.05, 4.69) is 5.32 Å². The van der Waals surface area contributed by atoms with E-state index in [1.807, 2.05) is 30.3 Å². The van der Waals surface area contributed by atoms with Crippen LogP contribution in [0, 0.1) is 0 Å².